The molecular weight excluding hydrogens is 336 g/mol. The van der Waals surface area contributed by atoms with Gasteiger partial charge < -0.3 is 14.2 Å². The number of benzene rings is 1. The van der Waals surface area contributed by atoms with Crippen LogP contribution >= 0.6 is 0 Å². The van der Waals surface area contributed by atoms with E-state index in [2.05, 4.69) is 4.40 Å². The van der Waals surface area contributed by atoms with E-state index in [9.17, 15) is 9.35 Å². The molecule has 1 saturated carbocycles. The number of hydrogen-bond donors (Lipinski definition) is 0. The van der Waals surface area contributed by atoms with Crippen molar-refractivity contribution in [3.63, 3.8) is 0 Å². The van der Waals surface area contributed by atoms with E-state index < -0.39 is 11.4 Å². The van der Waals surface area contributed by atoms with Gasteiger partial charge in [0.05, 0.1) is 12.3 Å². The Labute approximate surface area is 152 Å². The van der Waals surface area contributed by atoms with E-state index in [1.54, 1.807) is 4.90 Å². The number of piperidine rings is 1. The van der Waals surface area contributed by atoms with Gasteiger partial charge in [-0.2, -0.15) is 0 Å². The van der Waals surface area contributed by atoms with Crippen LogP contribution in [0, 0.1) is 5.41 Å². The van der Waals surface area contributed by atoms with Gasteiger partial charge in [0.1, 0.15) is 22.7 Å². The molecule has 25 heavy (non-hydrogen) atoms. The van der Waals surface area contributed by atoms with Crippen molar-refractivity contribution in [2.75, 3.05) is 13.1 Å². The van der Waals surface area contributed by atoms with Crippen LogP contribution in [0.4, 0.5) is 4.79 Å². The molecule has 136 valence electrons. The number of amides is 1. The molecule has 1 aromatic rings. The van der Waals surface area contributed by atoms with Gasteiger partial charge in [0.15, 0.2) is 0 Å². The van der Waals surface area contributed by atoms with Crippen molar-refractivity contribution in [3.8, 4) is 0 Å². The summed E-state index contributed by atoms with van der Waals surface area (Å²) >= 11 is -1.29. The standard InChI is InChI=1S/C19H26N2O3S/c1-18(2,3)25(23)20-16-13-21(12-11-19(16)9-10-19)17(22)24-14-15-7-5-4-6-8-15/h4-8H,9-14H2,1-3H3/b20-16+/t25-/m1/s1. The molecule has 2 aliphatic rings. The van der Waals surface area contributed by atoms with Crippen molar-refractivity contribution in [3.05, 3.63) is 35.9 Å². The maximum absolute atomic E-state index is 12.4. The maximum Gasteiger partial charge on any atom is 0.410 e. The second-order valence-electron chi connectivity index (χ2n) is 7.89. The third kappa shape index (κ3) is 4.36. The Morgan fingerprint density at radius 1 is 1.28 bits per heavy atom. The van der Waals surface area contributed by atoms with Crippen molar-refractivity contribution >= 4 is 23.2 Å². The minimum atomic E-state index is -1.29. The molecule has 1 saturated heterocycles. The molecule has 6 heteroatoms. The van der Waals surface area contributed by atoms with Crippen molar-refractivity contribution in [1.29, 1.82) is 0 Å². The molecule has 1 heterocycles. The number of ether oxygens (including phenoxy) is 1. The zero-order chi connectivity index (χ0) is 18.1. The van der Waals surface area contributed by atoms with Crippen LogP contribution in [-0.4, -0.2) is 39.1 Å². The zero-order valence-corrected chi connectivity index (χ0v) is 16.0. The minimum absolute atomic E-state index is 0.0805. The molecule has 1 atom stereocenters. The predicted octanol–water partition coefficient (Wildman–Crippen LogP) is 3.71. The highest BCUT2D eigenvalue weighted by atomic mass is 32.2. The molecule has 0 N–H and O–H groups in total. The van der Waals surface area contributed by atoms with E-state index in [1.165, 1.54) is 0 Å². The minimum Gasteiger partial charge on any atom is -0.591 e. The normalized spacial score (nSPS) is 22.1. The Morgan fingerprint density at radius 2 is 1.96 bits per heavy atom. The molecule has 0 unspecified atom stereocenters. The Bertz CT molecular complexity index is 650. The van der Waals surface area contributed by atoms with E-state index >= 15 is 0 Å². The van der Waals surface area contributed by atoms with Crippen LogP contribution in [0.1, 0.15) is 45.6 Å². The average Bonchev–Trinajstić information content (AvgIpc) is 3.35. The first-order valence-corrected chi connectivity index (χ1v) is 9.87. The summed E-state index contributed by atoms with van der Waals surface area (Å²) in [4.78, 5) is 14.1. The molecule has 1 aromatic carbocycles. The fourth-order valence-electron chi connectivity index (χ4n) is 2.94. The van der Waals surface area contributed by atoms with E-state index in [0.717, 1.165) is 30.5 Å². The van der Waals surface area contributed by atoms with Crippen LogP contribution in [0.3, 0.4) is 0 Å². The van der Waals surface area contributed by atoms with Gasteiger partial charge >= 0.3 is 6.09 Å². The highest BCUT2D eigenvalue weighted by Crippen LogP contribution is 2.52. The van der Waals surface area contributed by atoms with Crippen LogP contribution in [0.15, 0.2) is 34.7 Å². The highest BCUT2D eigenvalue weighted by Gasteiger charge is 2.52. The van der Waals surface area contributed by atoms with Gasteiger partial charge in [0, 0.05) is 12.0 Å². The summed E-state index contributed by atoms with van der Waals surface area (Å²) in [7, 11) is 0. The van der Waals surface area contributed by atoms with Crippen LogP contribution in [-0.2, 0) is 22.7 Å². The Kier molecular flexibility index (Phi) is 5.11. The van der Waals surface area contributed by atoms with E-state index in [-0.39, 0.29) is 22.9 Å². The summed E-state index contributed by atoms with van der Waals surface area (Å²) < 4.78 is 22.0. The van der Waals surface area contributed by atoms with Gasteiger partial charge in [-0.3, -0.25) is 0 Å². The van der Waals surface area contributed by atoms with Gasteiger partial charge in [-0.05, 0) is 45.6 Å². The lowest BCUT2D eigenvalue weighted by Gasteiger charge is -2.33. The average molecular weight is 362 g/mol. The van der Waals surface area contributed by atoms with Gasteiger partial charge in [-0.25, -0.2) is 4.79 Å². The molecule has 2 fully saturated rings. The van der Waals surface area contributed by atoms with Crippen molar-refractivity contribution < 1.29 is 14.1 Å². The number of nitrogens with zero attached hydrogens (tertiary/aromatic N) is 2. The molecule has 1 aliphatic carbocycles. The van der Waals surface area contributed by atoms with Gasteiger partial charge in [0.25, 0.3) is 0 Å². The van der Waals surface area contributed by atoms with Gasteiger partial charge in [0.2, 0.25) is 0 Å². The fourth-order valence-corrected chi connectivity index (χ4v) is 3.66. The third-order valence-electron chi connectivity index (χ3n) is 4.85. The monoisotopic (exact) mass is 362 g/mol. The summed E-state index contributed by atoms with van der Waals surface area (Å²) in [5, 5.41) is 0. The van der Waals surface area contributed by atoms with Crippen LogP contribution in [0.25, 0.3) is 0 Å². The highest BCUT2D eigenvalue weighted by molar-refractivity contribution is 7.91. The van der Waals surface area contributed by atoms with E-state index in [0.29, 0.717) is 13.1 Å². The molecule has 0 aromatic heterocycles. The SMILES string of the molecule is CC(C)(C)[S@@+]([O-])/N=C1\CN(C(=O)OCc2ccccc2)CCC12CC2. The van der Waals surface area contributed by atoms with Crippen LogP contribution in [0.2, 0.25) is 0 Å². The van der Waals surface area contributed by atoms with Crippen LogP contribution in [0.5, 0.6) is 0 Å². The number of likely N-dealkylation sites (tertiary alicyclic amines) is 1. The Balaban J connectivity index is 1.64. The molecule has 1 amide bonds. The zero-order valence-electron chi connectivity index (χ0n) is 15.2. The first-order valence-electron chi connectivity index (χ1n) is 8.76. The van der Waals surface area contributed by atoms with Crippen molar-refractivity contribution in [1.82, 2.24) is 4.90 Å². The summed E-state index contributed by atoms with van der Waals surface area (Å²) in [5.74, 6) is 0. The van der Waals surface area contributed by atoms with Crippen molar-refractivity contribution in [2.45, 2.75) is 51.4 Å². The predicted molar refractivity (Wildman–Crippen MR) is 99.8 cm³/mol. The molecule has 5 nitrogen and oxygen atoms in total. The smallest absolute Gasteiger partial charge is 0.410 e. The summed E-state index contributed by atoms with van der Waals surface area (Å²) in [6.07, 6.45) is 2.72. The number of carbonyl (C=O) groups is 1. The summed E-state index contributed by atoms with van der Waals surface area (Å²) in [6.45, 7) is 7.12. The number of hydrogen-bond acceptors (Lipinski definition) is 4. The first-order chi connectivity index (χ1) is 11.8. The van der Waals surface area contributed by atoms with Gasteiger partial charge in [-0.1, -0.05) is 34.7 Å². The molecule has 1 aliphatic heterocycles. The molecular formula is C19H26N2O3S. The number of rotatable bonds is 3. The summed E-state index contributed by atoms with van der Waals surface area (Å²) in [6, 6.07) is 9.65. The van der Waals surface area contributed by atoms with E-state index in [1.807, 2.05) is 51.1 Å². The second-order valence-corrected chi connectivity index (χ2v) is 9.80. The molecule has 3 rings (SSSR count). The van der Waals surface area contributed by atoms with Gasteiger partial charge in [-0.15, -0.1) is 0 Å². The van der Waals surface area contributed by atoms with E-state index in [4.69, 9.17) is 4.74 Å². The molecule has 0 bridgehead atoms. The Morgan fingerprint density at radius 3 is 2.56 bits per heavy atom. The van der Waals surface area contributed by atoms with Crippen LogP contribution < -0.4 is 0 Å². The molecule has 1 spiro atoms. The first kappa shape index (κ1) is 18.3. The Hall–Kier alpha value is -1.53. The largest absolute Gasteiger partial charge is 0.591 e. The number of carbonyl (C=O) groups excluding carboxylic acids is 1. The lowest BCUT2D eigenvalue weighted by Crippen LogP contribution is -2.46. The molecule has 0 radical (unpaired) electrons. The second kappa shape index (κ2) is 7.00. The topological polar surface area (TPSA) is 65.0 Å². The lowest BCUT2D eigenvalue weighted by molar-refractivity contribution is 0.0962. The fraction of sp³-hybridized carbons (Fsp3) is 0.579. The lowest BCUT2D eigenvalue weighted by atomic mass is 9.92. The quantitative estimate of drug-likeness (QED) is 0.770. The summed E-state index contributed by atoms with van der Waals surface area (Å²) in [5.41, 5.74) is 1.95. The maximum atomic E-state index is 12.4. The van der Waals surface area contributed by atoms with Crippen molar-refractivity contribution in [2.24, 2.45) is 9.81 Å². The third-order valence-corrected chi connectivity index (χ3v) is 6.28.